The Labute approximate surface area is 82.5 Å². The van der Waals surface area contributed by atoms with Crippen LogP contribution in [0.1, 0.15) is 12.1 Å². The van der Waals surface area contributed by atoms with Crippen LogP contribution in [0, 0.1) is 11.3 Å². The smallest absolute Gasteiger partial charge is 0.183 e. The zero-order valence-electron chi connectivity index (χ0n) is 7.72. The van der Waals surface area contributed by atoms with Gasteiger partial charge in [0.1, 0.15) is 6.07 Å². The summed E-state index contributed by atoms with van der Waals surface area (Å²) in [5, 5.41) is 8.85. The van der Waals surface area contributed by atoms with E-state index in [2.05, 4.69) is 33.1 Å². The molecule has 1 aliphatic rings. The first-order chi connectivity index (χ1) is 6.92. The van der Waals surface area contributed by atoms with Crippen molar-refractivity contribution in [1.29, 1.82) is 5.26 Å². The predicted octanol–water partition coefficient (Wildman–Crippen LogP) is 1.11. The van der Waals surface area contributed by atoms with Gasteiger partial charge < -0.3 is 4.90 Å². The van der Waals surface area contributed by atoms with E-state index in [1.807, 2.05) is 0 Å². The van der Waals surface area contributed by atoms with E-state index in [9.17, 15) is 0 Å². The molecule has 4 heteroatoms. The zero-order chi connectivity index (χ0) is 9.80. The fourth-order valence-electron chi connectivity index (χ4n) is 1.47. The lowest BCUT2D eigenvalue weighted by molar-refractivity contribution is 0.799. The predicted molar refractivity (Wildman–Crippen MR) is 52.7 cm³/mol. The van der Waals surface area contributed by atoms with Crippen LogP contribution >= 0.6 is 0 Å². The van der Waals surface area contributed by atoms with E-state index in [-0.39, 0.29) is 0 Å². The number of nitriles is 1. The van der Waals surface area contributed by atoms with Gasteiger partial charge in [-0.1, -0.05) is 12.2 Å². The maximum absolute atomic E-state index is 8.85. The van der Waals surface area contributed by atoms with Crippen LogP contribution in [0.4, 0.5) is 5.82 Å². The Hall–Kier alpha value is -1.89. The third-order valence-corrected chi connectivity index (χ3v) is 2.14. The van der Waals surface area contributed by atoms with Crippen molar-refractivity contribution >= 4 is 5.82 Å². The Bertz CT molecular complexity index is 391. The molecule has 0 aliphatic carbocycles. The molecule has 1 aromatic rings. The van der Waals surface area contributed by atoms with Gasteiger partial charge in [0.25, 0.3) is 0 Å². The first-order valence-electron chi connectivity index (χ1n) is 4.53. The van der Waals surface area contributed by atoms with Crippen molar-refractivity contribution < 1.29 is 0 Å². The van der Waals surface area contributed by atoms with Gasteiger partial charge in [0.15, 0.2) is 11.5 Å². The quantitative estimate of drug-likeness (QED) is 0.616. The lowest BCUT2D eigenvalue weighted by Crippen LogP contribution is -2.28. The van der Waals surface area contributed by atoms with Gasteiger partial charge in [0.2, 0.25) is 0 Å². The van der Waals surface area contributed by atoms with Crippen molar-refractivity contribution in [1.82, 2.24) is 9.97 Å². The van der Waals surface area contributed by atoms with Crippen LogP contribution in [0.5, 0.6) is 0 Å². The van der Waals surface area contributed by atoms with Gasteiger partial charge in [0.05, 0.1) is 0 Å². The van der Waals surface area contributed by atoms with Crippen molar-refractivity contribution in [2.75, 3.05) is 18.0 Å². The topological polar surface area (TPSA) is 52.8 Å². The molecular formula is C10H10N4. The average Bonchev–Trinajstić information content (AvgIpc) is 2.30. The summed E-state index contributed by atoms with van der Waals surface area (Å²) in [4.78, 5) is 10.2. The molecule has 0 atom stereocenters. The van der Waals surface area contributed by atoms with E-state index >= 15 is 0 Å². The summed E-state index contributed by atoms with van der Waals surface area (Å²) in [5.41, 5.74) is 0.405. The Balaban J connectivity index is 2.31. The molecule has 0 saturated carbocycles. The third kappa shape index (κ3) is 1.57. The molecule has 0 radical (unpaired) electrons. The highest BCUT2D eigenvalue weighted by atomic mass is 15.2. The Kier molecular flexibility index (Phi) is 2.41. The molecule has 2 heterocycles. The number of hydrogen-bond acceptors (Lipinski definition) is 4. The van der Waals surface area contributed by atoms with E-state index in [1.54, 1.807) is 12.4 Å². The van der Waals surface area contributed by atoms with Crippen LogP contribution in [0.25, 0.3) is 0 Å². The minimum atomic E-state index is 0.405. The number of hydrogen-bond donors (Lipinski definition) is 0. The van der Waals surface area contributed by atoms with Crippen molar-refractivity contribution in [3.05, 3.63) is 30.2 Å². The van der Waals surface area contributed by atoms with Crippen LogP contribution in [-0.2, 0) is 0 Å². The highest BCUT2D eigenvalue weighted by Crippen LogP contribution is 2.16. The second-order valence-electron chi connectivity index (χ2n) is 3.05. The largest absolute Gasteiger partial charge is 0.350 e. The molecule has 1 aromatic heterocycles. The average molecular weight is 186 g/mol. The van der Waals surface area contributed by atoms with Crippen LogP contribution in [0.3, 0.4) is 0 Å². The minimum absolute atomic E-state index is 0.405. The number of nitrogens with zero attached hydrogens (tertiary/aromatic N) is 4. The summed E-state index contributed by atoms with van der Waals surface area (Å²) >= 11 is 0. The standard InChI is InChI=1S/C10H10N4/c11-8-9-10(13-5-4-12-9)14-6-2-1-3-7-14/h1-2,4-5H,3,6-7H2. The van der Waals surface area contributed by atoms with Gasteiger partial charge >= 0.3 is 0 Å². The first kappa shape index (κ1) is 8.70. The summed E-state index contributed by atoms with van der Waals surface area (Å²) in [6, 6.07) is 2.05. The molecular weight excluding hydrogens is 176 g/mol. The molecule has 4 nitrogen and oxygen atoms in total. The molecule has 1 aliphatic heterocycles. The summed E-state index contributed by atoms with van der Waals surface area (Å²) in [5.74, 6) is 0.694. The third-order valence-electron chi connectivity index (χ3n) is 2.14. The van der Waals surface area contributed by atoms with Crippen LogP contribution < -0.4 is 4.90 Å². The Morgan fingerprint density at radius 3 is 2.86 bits per heavy atom. The van der Waals surface area contributed by atoms with Crippen LogP contribution in [0.15, 0.2) is 24.5 Å². The van der Waals surface area contributed by atoms with Crippen molar-refractivity contribution in [3.8, 4) is 6.07 Å². The number of anilines is 1. The second-order valence-corrected chi connectivity index (χ2v) is 3.05. The van der Waals surface area contributed by atoms with E-state index in [4.69, 9.17) is 5.26 Å². The van der Waals surface area contributed by atoms with E-state index in [0.29, 0.717) is 11.5 Å². The lowest BCUT2D eigenvalue weighted by atomic mass is 10.2. The van der Waals surface area contributed by atoms with Crippen molar-refractivity contribution in [2.24, 2.45) is 0 Å². The maximum atomic E-state index is 8.85. The SMILES string of the molecule is N#Cc1nccnc1N1CC=CCC1. The normalized spacial score (nSPS) is 15.2. The second kappa shape index (κ2) is 3.88. The van der Waals surface area contributed by atoms with Gasteiger partial charge in [-0.05, 0) is 6.42 Å². The molecule has 0 spiro atoms. The van der Waals surface area contributed by atoms with E-state index in [0.717, 1.165) is 19.5 Å². The van der Waals surface area contributed by atoms with Gasteiger partial charge in [-0.15, -0.1) is 0 Å². The van der Waals surface area contributed by atoms with Gasteiger partial charge in [-0.3, -0.25) is 0 Å². The fraction of sp³-hybridized carbons (Fsp3) is 0.300. The monoisotopic (exact) mass is 186 g/mol. The van der Waals surface area contributed by atoms with Crippen LogP contribution in [0.2, 0.25) is 0 Å². The lowest BCUT2D eigenvalue weighted by Gasteiger charge is -2.24. The summed E-state index contributed by atoms with van der Waals surface area (Å²) in [6.07, 6.45) is 8.38. The molecule has 70 valence electrons. The van der Waals surface area contributed by atoms with Gasteiger partial charge in [0, 0.05) is 25.5 Å². The molecule has 0 unspecified atom stereocenters. The van der Waals surface area contributed by atoms with Crippen molar-refractivity contribution in [2.45, 2.75) is 6.42 Å². The molecule has 0 aromatic carbocycles. The molecule has 0 amide bonds. The summed E-state index contributed by atoms with van der Waals surface area (Å²) in [7, 11) is 0. The summed E-state index contributed by atoms with van der Waals surface area (Å²) < 4.78 is 0. The number of rotatable bonds is 1. The molecule has 14 heavy (non-hydrogen) atoms. The highest BCUT2D eigenvalue weighted by Gasteiger charge is 2.13. The number of aromatic nitrogens is 2. The van der Waals surface area contributed by atoms with E-state index in [1.165, 1.54) is 0 Å². The molecule has 2 rings (SSSR count). The van der Waals surface area contributed by atoms with Gasteiger partial charge in [-0.2, -0.15) is 5.26 Å². The zero-order valence-corrected chi connectivity index (χ0v) is 7.72. The Morgan fingerprint density at radius 2 is 2.14 bits per heavy atom. The maximum Gasteiger partial charge on any atom is 0.183 e. The molecule has 0 fully saturated rings. The highest BCUT2D eigenvalue weighted by molar-refractivity contribution is 5.50. The van der Waals surface area contributed by atoms with E-state index < -0.39 is 0 Å². The molecule has 0 N–H and O–H groups in total. The van der Waals surface area contributed by atoms with Crippen LogP contribution in [-0.4, -0.2) is 23.1 Å². The van der Waals surface area contributed by atoms with Gasteiger partial charge in [-0.25, -0.2) is 9.97 Å². The Morgan fingerprint density at radius 1 is 1.29 bits per heavy atom. The molecule has 0 saturated heterocycles. The first-order valence-corrected chi connectivity index (χ1v) is 4.53. The van der Waals surface area contributed by atoms with Crippen molar-refractivity contribution in [3.63, 3.8) is 0 Å². The minimum Gasteiger partial charge on any atom is -0.350 e. The molecule has 0 bridgehead atoms. The fourth-order valence-corrected chi connectivity index (χ4v) is 1.47. The summed E-state index contributed by atoms with van der Waals surface area (Å²) in [6.45, 7) is 1.72.